The number of amides is 1. The van der Waals surface area contributed by atoms with E-state index in [1.807, 2.05) is 0 Å². The Hall–Kier alpha value is -1.62. The number of carbonyl (C=O) groups is 1. The molecule has 0 radical (unpaired) electrons. The molecule has 1 aromatic rings. The van der Waals surface area contributed by atoms with Crippen LogP contribution >= 0.6 is 0 Å². The van der Waals surface area contributed by atoms with Gasteiger partial charge in [0.15, 0.2) is 0 Å². The molecule has 0 saturated heterocycles. The molecule has 1 unspecified atom stereocenters. The van der Waals surface area contributed by atoms with Gasteiger partial charge in [0.25, 0.3) is 0 Å². The van der Waals surface area contributed by atoms with Crippen LogP contribution < -0.4 is 11.1 Å². The SMILES string of the molecule is C=CCC(N)C(=O)NCc1ncc(C)o1. The third-order valence-corrected chi connectivity index (χ3v) is 1.84. The topological polar surface area (TPSA) is 81.2 Å². The second-order valence-corrected chi connectivity index (χ2v) is 3.21. The maximum absolute atomic E-state index is 11.4. The second kappa shape index (κ2) is 5.31. The van der Waals surface area contributed by atoms with Gasteiger partial charge in [0.05, 0.1) is 18.8 Å². The molecule has 0 aliphatic carbocycles. The van der Waals surface area contributed by atoms with Crippen LogP contribution in [0.5, 0.6) is 0 Å². The Bertz CT molecular complexity index is 346. The van der Waals surface area contributed by atoms with Crippen LogP contribution in [-0.2, 0) is 11.3 Å². The van der Waals surface area contributed by atoms with E-state index in [9.17, 15) is 4.79 Å². The molecule has 0 fully saturated rings. The van der Waals surface area contributed by atoms with Crippen LogP contribution in [-0.4, -0.2) is 16.9 Å². The summed E-state index contributed by atoms with van der Waals surface area (Å²) in [6.07, 6.45) is 3.67. The lowest BCUT2D eigenvalue weighted by atomic mass is 10.2. The fourth-order valence-corrected chi connectivity index (χ4v) is 1.06. The Morgan fingerprint density at radius 1 is 1.87 bits per heavy atom. The number of hydrogen-bond donors (Lipinski definition) is 2. The van der Waals surface area contributed by atoms with Crippen molar-refractivity contribution < 1.29 is 9.21 Å². The summed E-state index contributed by atoms with van der Waals surface area (Å²) >= 11 is 0. The van der Waals surface area contributed by atoms with E-state index < -0.39 is 6.04 Å². The van der Waals surface area contributed by atoms with Crippen molar-refractivity contribution in [2.45, 2.75) is 25.9 Å². The highest BCUT2D eigenvalue weighted by atomic mass is 16.4. The molecule has 0 aliphatic heterocycles. The second-order valence-electron chi connectivity index (χ2n) is 3.21. The van der Waals surface area contributed by atoms with Crippen LogP contribution in [0.3, 0.4) is 0 Å². The largest absolute Gasteiger partial charge is 0.444 e. The first-order chi connectivity index (χ1) is 7.13. The van der Waals surface area contributed by atoms with E-state index in [0.717, 1.165) is 5.76 Å². The van der Waals surface area contributed by atoms with Crippen molar-refractivity contribution >= 4 is 5.91 Å². The molecule has 1 amide bonds. The molecule has 0 aliphatic rings. The van der Waals surface area contributed by atoms with E-state index in [1.165, 1.54) is 0 Å². The molecule has 0 aromatic carbocycles. The van der Waals surface area contributed by atoms with Gasteiger partial charge < -0.3 is 15.5 Å². The summed E-state index contributed by atoms with van der Waals surface area (Å²) in [7, 11) is 0. The minimum absolute atomic E-state index is 0.231. The molecule has 1 rings (SSSR count). The molecule has 0 spiro atoms. The first kappa shape index (κ1) is 11.5. The summed E-state index contributed by atoms with van der Waals surface area (Å²) in [4.78, 5) is 15.3. The molecular formula is C10H15N3O2. The van der Waals surface area contributed by atoms with E-state index in [2.05, 4.69) is 16.9 Å². The van der Waals surface area contributed by atoms with Gasteiger partial charge in [-0.25, -0.2) is 4.98 Å². The summed E-state index contributed by atoms with van der Waals surface area (Å²) in [5.41, 5.74) is 5.56. The number of oxazole rings is 1. The third-order valence-electron chi connectivity index (χ3n) is 1.84. The van der Waals surface area contributed by atoms with Gasteiger partial charge in [0.2, 0.25) is 11.8 Å². The quantitative estimate of drug-likeness (QED) is 0.692. The number of carbonyl (C=O) groups excluding carboxylic acids is 1. The van der Waals surface area contributed by atoms with E-state index in [-0.39, 0.29) is 12.5 Å². The summed E-state index contributed by atoms with van der Waals surface area (Å²) in [6.45, 7) is 5.57. The molecule has 1 aromatic heterocycles. The smallest absolute Gasteiger partial charge is 0.237 e. The van der Waals surface area contributed by atoms with Crippen LogP contribution in [0.4, 0.5) is 0 Å². The Kier molecular flexibility index (Phi) is 4.05. The van der Waals surface area contributed by atoms with Crippen molar-refractivity contribution in [2.75, 3.05) is 0 Å². The molecule has 15 heavy (non-hydrogen) atoms. The number of nitrogens with one attached hydrogen (secondary N) is 1. The highest BCUT2D eigenvalue weighted by Crippen LogP contribution is 2.00. The number of aromatic nitrogens is 1. The summed E-state index contributed by atoms with van der Waals surface area (Å²) in [5.74, 6) is 0.965. The minimum Gasteiger partial charge on any atom is -0.444 e. The highest BCUT2D eigenvalue weighted by Gasteiger charge is 2.11. The molecule has 1 atom stereocenters. The lowest BCUT2D eigenvalue weighted by Gasteiger charge is -2.08. The summed E-state index contributed by atoms with van der Waals surface area (Å²) < 4.78 is 5.19. The van der Waals surface area contributed by atoms with Gasteiger partial charge in [-0.05, 0) is 13.3 Å². The fourth-order valence-electron chi connectivity index (χ4n) is 1.06. The van der Waals surface area contributed by atoms with Gasteiger partial charge >= 0.3 is 0 Å². The van der Waals surface area contributed by atoms with Crippen LogP contribution in [0.1, 0.15) is 18.1 Å². The highest BCUT2D eigenvalue weighted by molar-refractivity contribution is 5.81. The molecule has 0 bridgehead atoms. The zero-order chi connectivity index (χ0) is 11.3. The van der Waals surface area contributed by atoms with Crippen LogP contribution in [0, 0.1) is 6.92 Å². The third kappa shape index (κ3) is 3.55. The van der Waals surface area contributed by atoms with Gasteiger partial charge in [0, 0.05) is 0 Å². The van der Waals surface area contributed by atoms with Crippen molar-refractivity contribution in [3.8, 4) is 0 Å². The van der Waals surface area contributed by atoms with Gasteiger partial charge in [-0.1, -0.05) is 6.08 Å². The number of nitrogens with zero attached hydrogens (tertiary/aromatic N) is 1. The van der Waals surface area contributed by atoms with E-state index in [4.69, 9.17) is 10.2 Å². The summed E-state index contributed by atoms with van der Waals surface area (Å²) in [5, 5.41) is 2.63. The Balaban J connectivity index is 2.37. The number of hydrogen-bond acceptors (Lipinski definition) is 4. The number of aryl methyl sites for hydroxylation is 1. The van der Waals surface area contributed by atoms with Gasteiger partial charge in [0.1, 0.15) is 5.76 Å². The molecule has 5 nitrogen and oxygen atoms in total. The predicted molar refractivity (Wildman–Crippen MR) is 55.9 cm³/mol. The zero-order valence-electron chi connectivity index (χ0n) is 8.69. The monoisotopic (exact) mass is 209 g/mol. The average Bonchev–Trinajstić information content (AvgIpc) is 2.61. The molecule has 0 saturated carbocycles. The van der Waals surface area contributed by atoms with Crippen molar-refractivity contribution in [2.24, 2.45) is 5.73 Å². The number of nitrogens with two attached hydrogens (primary N) is 1. The van der Waals surface area contributed by atoms with Crippen LogP contribution in [0.15, 0.2) is 23.3 Å². The van der Waals surface area contributed by atoms with E-state index in [1.54, 1.807) is 19.2 Å². The lowest BCUT2D eigenvalue weighted by molar-refractivity contribution is -0.122. The van der Waals surface area contributed by atoms with E-state index in [0.29, 0.717) is 12.3 Å². The lowest BCUT2D eigenvalue weighted by Crippen LogP contribution is -2.39. The molecule has 5 heteroatoms. The average molecular weight is 209 g/mol. The minimum atomic E-state index is -0.557. The normalized spacial score (nSPS) is 12.1. The maximum atomic E-state index is 11.4. The molecule has 1 heterocycles. The Morgan fingerprint density at radius 3 is 3.13 bits per heavy atom. The predicted octanol–water partition coefficient (Wildman–Crippen LogP) is 0.503. The Morgan fingerprint density at radius 2 is 2.60 bits per heavy atom. The Labute approximate surface area is 88.4 Å². The van der Waals surface area contributed by atoms with Crippen molar-refractivity contribution in [3.05, 3.63) is 30.5 Å². The van der Waals surface area contributed by atoms with Crippen molar-refractivity contribution in [3.63, 3.8) is 0 Å². The number of rotatable bonds is 5. The van der Waals surface area contributed by atoms with Gasteiger partial charge in [-0.3, -0.25) is 4.79 Å². The summed E-state index contributed by atoms with van der Waals surface area (Å²) in [6, 6.07) is -0.557. The van der Waals surface area contributed by atoms with Crippen molar-refractivity contribution in [1.82, 2.24) is 10.3 Å². The molecular weight excluding hydrogens is 194 g/mol. The van der Waals surface area contributed by atoms with Gasteiger partial charge in [-0.15, -0.1) is 6.58 Å². The zero-order valence-corrected chi connectivity index (χ0v) is 8.69. The van der Waals surface area contributed by atoms with Crippen LogP contribution in [0.2, 0.25) is 0 Å². The standard InChI is InChI=1S/C10H15N3O2/c1-3-4-8(11)10(14)13-6-9-12-5-7(2)15-9/h3,5,8H,1,4,6,11H2,2H3,(H,13,14). The maximum Gasteiger partial charge on any atom is 0.237 e. The van der Waals surface area contributed by atoms with Crippen molar-refractivity contribution in [1.29, 1.82) is 0 Å². The van der Waals surface area contributed by atoms with Gasteiger partial charge in [-0.2, -0.15) is 0 Å². The first-order valence-electron chi connectivity index (χ1n) is 4.69. The fraction of sp³-hybridized carbons (Fsp3) is 0.400. The van der Waals surface area contributed by atoms with E-state index >= 15 is 0 Å². The van der Waals surface area contributed by atoms with Crippen LogP contribution in [0.25, 0.3) is 0 Å². The first-order valence-corrected chi connectivity index (χ1v) is 4.69. The molecule has 82 valence electrons. The molecule has 3 N–H and O–H groups in total.